The molecule has 0 fully saturated rings. The Morgan fingerprint density at radius 1 is 0.941 bits per heavy atom. The minimum atomic E-state index is -0.0257. The highest BCUT2D eigenvalue weighted by molar-refractivity contribution is 6.41. The maximum absolute atomic E-state index is 10.9. The Bertz CT molecular complexity index is 515. The molecule has 3 rings (SSSR count). The molecule has 1 nitrogen and oxygen atoms in total. The second kappa shape index (κ2) is 5.35. The Morgan fingerprint density at radius 2 is 1.53 bits per heavy atom. The molecule has 2 aliphatic carbocycles. The van der Waals surface area contributed by atoms with Crippen molar-refractivity contribution in [2.45, 2.75) is 0 Å². The summed E-state index contributed by atoms with van der Waals surface area (Å²) in [7, 11) is 0. The Morgan fingerprint density at radius 3 is 1.94 bits per heavy atom. The second-order valence-electron chi connectivity index (χ2n) is 3.59. The summed E-state index contributed by atoms with van der Waals surface area (Å²) in [5, 5.41) is 0.961. The van der Waals surface area contributed by atoms with E-state index in [1.807, 2.05) is 36.4 Å². The number of alkyl halides is 1. The average molecular weight is 265 g/mol. The molecule has 0 unspecified atom stereocenters. The van der Waals surface area contributed by atoms with E-state index in [0.29, 0.717) is 5.56 Å². The number of benzene rings is 2. The molecule has 0 saturated carbocycles. The molecule has 0 N–H and O–H groups in total. The van der Waals surface area contributed by atoms with Gasteiger partial charge in [-0.15, -0.1) is 11.6 Å². The summed E-state index contributed by atoms with van der Waals surface area (Å²) in [6, 6.07) is 15.1. The van der Waals surface area contributed by atoms with Crippen LogP contribution in [0.3, 0.4) is 0 Å². The SMILES string of the molecule is Clc1c2cccc1-2.O=C(CCl)c1ccccc1. The minimum absolute atomic E-state index is 0.0257. The van der Waals surface area contributed by atoms with Gasteiger partial charge in [0.05, 0.1) is 10.9 Å². The van der Waals surface area contributed by atoms with Crippen LogP contribution in [0.4, 0.5) is 0 Å². The van der Waals surface area contributed by atoms with E-state index < -0.39 is 0 Å². The third-order valence-corrected chi connectivity index (χ3v) is 3.09. The fourth-order valence-electron chi connectivity index (χ4n) is 1.46. The summed E-state index contributed by atoms with van der Waals surface area (Å²) in [6.45, 7) is 0. The van der Waals surface area contributed by atoms with Crippen molar-refractivity contribution in [3.8, 4) is 11.1 Å². The molecule has 0 spiro atoms. The van der Waals surface area contributed by atoms with E-state index in [1.165, 1.54) is 11.1 Å². The van der Waals surface area contributed by atoms with Crippen LogP contribution in [-0.4, -0.2) is 11.7 Å². The zero-order chi connectivity index (χ0) is 12.3. The molecule has 0 heterocycles. The molecule has 0 saturated heterocycles. The van der Waals surface area contributed by atoms with E-state index in [1.54, 1.807) is 12.1 Å². The third kappa shape index (κ3) is 2.87. The molecule has 0 bridgehead atoms. The first-order valence-electron chi connectivity index (χ1n) is 5.17. The van der Waals surface area contributed by atoms with E-state index in [9.17, 15) is 4.79 Å². The fourth-order valence-corrected chi connectivity index (χ4v) is 1.90. The highest BCUT2D eigenvalue weighted by Crippen LogP contribution is 2.47. The van der Waals surface area contributed by atoms with E-state index in [2.05, 4.69) is 0 Å². The molecule has 2 aliphatic rings. The summed E-state index contributed by atoms with van der Waals surface area (Å²) in [6.07, 6.45) is 0. The van der Waals surface area contributed by atoms with Crippen molar-refractivity contribution in [3.05, 3.63) is 59.1 Å². The minimum Gasteiger partial charge on any atom is -0.293 e. The number of rotatable bonds is 2. The summed E-state index contributed by atoms with van der Waals surface area (Å²) in [5.74, 6) is 0.0339. The quantitative estimate of drug-likeness (QED) is 0.495. The lowest BCUT2D eigenvalue weighted by atomic mass is 10.2. The van der Waals surface area contributed by atoms with Gasteiger partial charge >= 0.3 is 0 Å². The summed E-state index contributed by atoms with van der Waals surface area (Å²) >= 11 is 11.0. The summed E-state index contributed by atoms with van der Waals surface area (Å²) in [5.41, 5.74) is 3.15. The normalized spacial score (nSPS) is 10.2. The van der Waals surface area contributed by atoms with Crippen LogP contribution in [0.1, 0.15) is 10.4 Å². The van der Waals surface area contributed by atoms with Gasteiger partial charge in [-0.1, -0.05) is 60.1 Å². The van der Waals surface area contributed by atoms with Crippen LogP contribution in [0.5, 0.6) is 0 Å². The number of ketones is 1. The van der Waals surface area contributed by atoms with Gasteiger partial charge in [-0.3, -0.25) is 4.79 Å². The first kappa shape index (κ1) is 12.2. The van der Waals surface area contributed by atoms with E-state index in [0.717, 1.165) is 5.02 Å². The van der Waals surface area contributed by atoms with Gasteiger partial charge < -0.3 is 0 Å². The molecule has 0 aromatic heterocycles. The highest BCUT2D eigenvalue weighted by Gasteiger charge is 2.19. The molecular formula is C14H10Cl2O. The molecule has 1 aromatic rings. The Labute approximate surface area is 110 Å². The van der Waals surface area contributed by atoms with Gasteiger partial charge in [0.25, 0.3) is 0 Å². The standard InChI is InChI=1S/C8H7ClO.C6H3Cl/c9-6-8(10)7-4-2-1-3-5-7;7-6-4-2-1-3-5(4)6/h1-5H,6H2;1-3H. The topological polar surface area (TPSA) is 17.1 Å². The zero-order valence-corrected chi connectivity index (χ0v) is 10.5. The number of carbonyl (C=O) groups excluding carboxylic acids is 1. The van der Waals surface area contributed by atoms with E-state index >= 15 is 0 Å². The first-order valence-corrected chi connectivity index (χ1v) is 6.08. The van der Waals surface area contributed by atoms with E-state index in [-0.39, 0.29) is 11.7 Å². The maximum Gasteiger partial charge on any atom is 0.177 e. The number of hydrogen-bond donors (Lipinski definition) is 0. The van der Waals surface area contributed by atoms with Gasteiger partial charge in [0, 0.05) is 16.7 Å². The predicted molar refractivity (Wildman–Crippen MR) is 71.9 cm³/mol. The highest BCUT2D eigenvalue weighted by atomic mass is 35.5. The van der Waals surface area contributed by atoms with Gasteiger partial charge in [-0.2, -0.15) is 0 Å². The lowest BCUT2D eigenvalue weighted by Gasteiger charge is -1.92. The monoisotopic (exact) mass is 264 g/mol. The smallest absolute Gasteiger partial charge is 0.177 e. The maximum atomic E-state index is 10.9. The predicted octanol–water partition coefficient (Wildman–Crippen LogP) is 4.43. The van der Waals surface area contributed by atoms with Crippen molar-refractivity contribution in [2.75, 3.05) is 5.88 Å². The zero-order valence-electron chi connectivity index (χ0n) is 8.99. The lowest BCUT2D eigenvalue weighted by molar-refractivity contribution is 0.102. The summed E-state index contributed by atoms with van der Waals surface area (Å²) < 4.78 is 0. The molecule has 86 valence electrons. The van der Waals surface area contributed by atoms with Crippen LogP contribution >= 0.6 is 23.2 Å². The molecule has 0 aliphatic heterocycles. The van der Waals surface area contributed by atoms with Gasteiger partial charge in [0.15, 0.2) is 5.78 Å². The van der Waals surface area contributed by atoms with Crippen molar-refractivity contribution >= 4 is 29.0 Å². The Hall–Kier alpha value is -1.31. The molecule has 0 radical (unpaired) electrons. The molecule has 3 heteroatoms. The van der Waals surface area contributed by atoms with Crippen molar-refractivity contribution < 1.29 is 4.79 Å². The van der Waals surface area contributed by atoms with Crippen molar-refractivity contribution in [1.82, 2.24) is 0 Å². The molecule has 0 atom stereocenters. The van der Waals surface area contributed by atoms with Crippen LogP contribution in [-0.2, 0) is 0 Å². The van der Waals surface area contributed by atoms with Gasteiger partial charge in [-0.05, 0) is 0 Å². The van der Waals surface area contributed by atoms with Gasteiger partial charge in [0.2, 0.25) is 0 Å². The number of fused-ring (bicyclic) bond motifs is 1. The molecule has 17 heavy (non-hydrogen) atoms. The van der Waals surface area contributed by atoms with Crippen LogP contribution in [0.25, 0.3) is 11.1 Å². The van der Waals surface area contributed by atoms with Crippen LogP contribution in [0.15, 0.2) is 48.5 Å². The van der Waals surface area contributed by atoms with Crippen molar-refractivity contribution in [2.24, 2.45) is 0 Å². The third-order valence-electron chi connectivity index (χ3n) is 2.44. The van der Waals surface area contributed by atoms with E-state index in [4.69, 9.17) is 23.2 Å². The van der Waals surface area contributed by atoms with Crippen LogP contribution in [0.2, 0.25) is 5.02 Å². The Kier molecular flexibility index (Phi) is 3.82. The fraction of sp³-hybridized carbons (Fsp3) is 0.0714. The summed E-state index contributed by atoms with van der Waals surface area (Å²) in [4.78, 5) is 10.9. The number of halogens is 2. The first-order chi connectivity index (χ1) is 8.24. The van der Waals surface area contributed by atoms with Gasteiger partial charge in [-0.25, -0.2) is 0 Å². The number of Topliss-reactive ketones (excluding diaryl/α,β-unsaturated/α-hetero) is 1. The molecular weight excluding hydrogens is 255 g/mol. The van der Waals surface area contributed by atoms with Gasteiger partial charge in [0.1, 0.15) is 0 Å². The molecule has 0 amide bonds. The van der Waals surface area contributed by atoms with Crippen LogP contribution in [0, 0.1) is 0 Å². The number of hydrogen-bond acceptors (Lipinski definition) is 1. The second-order valence-corrected chi connectivity index (χ2v) is 4.24. The number of carbonyl (C=O) groups is 1. The Balaban J connectivity index is 0.000000134. The van der Waals surface area contributed by atoms with Crippen LogP contribution < -0.4 is 0 Å². The van der Waals surface area contributed by atoms with Crippen molar-refractivity contribution in [3.63, 3.8) is 0 Å². The van der Waals surface area contributed by atoms with Crippen molar-refractivity contribution in [1.29, 1.82) is 0 Å². The largest absolute Gasteiger partial charge is 0.293 e. The lowest BCUT2D eigenvalue weighted by Crippen LogP contribution is -1.98. The average Bonchev–Trinajstić information content (AvgIpc) is 2.84. The molecule has 1 aromatic carbocycles.